The Balaban J connectivity index is 2.14. The molecule has 102 valence electrons. The number of esters is 1. The van der Waals surface area contributed by atoms with E-state index in [1.807, 2.05) is 0 Å². The second kappa shape index (κ2) is 5.92. The van der Waals surface area contributed by atoms with Crippen LogP contribution in [0.5, 0.6) is 0 Å². The first-order chi connectivity index (χ1) is 9.59. The third-order valence-electron chi connectivity index (χ3n) is 2.80. The summed E-state index contributed by atoms with van der Waals surface area (Å²) in [6.45, 7) is 1.55. The van der Waals surface area contributed by atoms with Gasteiger partial charge in [0.15, 0.2) is 0 Å². The molecule has 2 rings (SSSR count). The molecule has 0 N–H and O–H groups in total. The van der Waals surface area contributed by atoms with Crippen molar-refractivity contribution in [2.75, 3.05) is 0 Å². The highest BCUT2D eigenvalue weighted by Crippen LogP contribution is 2.21. The van der Waals surface area contributed by atoms with Crippen LogP contribution in [0.4, 0.5) is 5.69 Å². The first-order valence-electron chi connectivity index (χ1n) is 5.90. The van der Waals surface area contributed by atoms with Gasteiger partial charge in [0.05, 0.1) is 16.2 Å². The van der Waals surface area contributed by atoms with Crippen LogP contribution in [0.1, 0.15) is 21.6 Å². The van der Waals surface area contributed by atoms with Gasteiger partial charge < -0.3 is 4.74 Å². The van der Waals surface area contributed by atoms with Crippen molar-refractivity contribution < 1.29 is 14.5 Å². The van der Waals surface area contributed by atoms with Crippen molar-refractivity contribution in [3.8, 4) is 0 Å². The number of nitro groups is 1. The molecule has 6 nitrogen and oxygen atoms in total. The molecule has 20 heavy (non-hydrogen) atoms. The number of carbonyl (C=O) groups is 1. The highest BCUT2D eigenvalue weighted by Gasteiger charge is 2.18. The quantitative estimate of drug-likeness (QED) is 0.485. The maximum atomic E-state index is 11.9. The van der Waals surface area contributed by atoms with Gasteiger partial charge in [-0.2, -0.15) is 0 Å². The SMILES string of the molecule is Cc1c(C(=O)OCc2ccccn2)cccc1[N+](=O)[O-]. The zero-order chi connectivity index (χ0) is 14.5. The van der Waals surface area contributed by atoms with Crippen LogP contribution in [-0.2, 0) is 11.3 Å². The van der Waals surface area contributed by atoms with Crippen LogP contribution in [-0.4, -0.2) is 15.9 Å². The van der Waals surface area contributed by atoms with Crippen molar-refractivity contribution in [2.24, 2.45) is 0 Å². The predicted octanol–water partition coefficient (Wildman–Crippen LogP) is 2.66. The zero-order valence-electron chi connectivity index (χ0n) is 10.8. The maximum absolute atomic E-state index is 11.9. The van der Waals surface area contributed by atoms with Crippen LogP contribution < -0.4 is 0 Å². The fraction of sp³-hybridized carbons (Fsp3) is 0.143. The lowest BCUT2D eigenvalue weighted by atomic mass is 10.1. The average molecular weight is 272 g/mol. The number of benzene rings is 1. The lowest BCUT2D eigenvalue weighted by molar-refractivity contribution is -0.385. The number of nitrogens with zero attached hydrogens (tertiary/aromatic N) is 2. The predicted molar refractivity (Wildman–Crippen MR) is 71.2 cm³/mol. The number of nitro benzene ring substituents is 1. The van der Waals surface area contributed by atoms with Crippen LogP contribution in [0, 0.1) is 17.0 Å². The summed E-state index contributed by atoms with van der Waals surface area (Å²) in [5.74, 6) is -0.600. The van der Waals surface area contributed by atoms with Gasteiger partial charge >= 0.3 is 5.97 Å². The summed E-state index contributed by atoms with van der Waals surface area (Å²) in [6, 6.07) is 9.59. The lowest BCUT2D eigenvalue weighted by Gasteiger charge is -2.07. The van der Waals surface area contributed by atoms with Gasteiger partial charge in [0.2, 0.25) is 0 Å². The molecular weight excluding hydrogens is 260 g/mol. The van der Waals surface area contributed by atoms with Gasteiger partial charge in [-0.25, -0.2) is 4.79 Å². The standard InChI is InChI=1S/C14H12N2O4/c1-10-12(6-4-7-13(10)16(18)19)14(17)20-9-11-5-2-3-8-15-11/h2-8H,9H2,1H3. The summed E-state index contributed by atoms with van der Waals surface area (Å²) in [4.78, 5) is 26.3. The van der Waals surface area contributed by atoms with Gasteiger partial charge in [0, 0.05) is 17.8 Å². The molecule has 0 saturated carbocycles. The fourth-order valence-corrected chi connectivity index (χ4v) is 1.74. The van der Waals surface area contributed by atoms with Crippen LogP contribution in [0.3, 0.4) is 0 Å². The molecule has 0 radical (unpaired) electrons. The number of carbonyl (C=O) groups excluding carboxylic acids is 1. The Hall–Kier alpha value is -2.76. The first kappa shape index (κ1) is 13.7. The molecule has 0 bridgehead atoms. The summed E-state index contributed by atoms with van der Waals surface area (Å²) in [7, 11) is 0. The molecule has 6 heteroatoms. The van der Waals surface area contributed by atoms with Gasteiger partial charge in [-0.1, -0.05) is 12.1 Å². The minimum Gasteiger partial charge on any atom is -0.456 e. The van der Waals surface area contributed by atoms with E-state index in [2.05, 4.69) is 4.98 Å². The molecule has 0 spiro atoms. The number of hydrogen-bond acceptors (Lipinski definition) is 5. The number of aromatic nitrogens is 1. The van der Waals surface area contributed by atoms with E-state index >= 15 is 0 Å². The number of ether oxygens (including phenoxy) is 1. The van der Waals surface area contributed by atoms with Crippen molar-refractivity contribution in [3.63, 3.8) is 0 Å². The molecular formula is C14H12N2O4. The number of rotatable bonds is 4. The highest BCUT2D eigenvalue weighted by molar-refractivity contribution is 5.92. The van der Waals surface area contributed by atoms with Crippen molar-refractivity contribution in [2.45, 2.75) is 13.5 Å². The summed E-state index contributed by atoms with van der Waals surface area (Å²) in [6.07, 6.45) is 1.60. The van der Waals surface area contributed by atoms with E-state index < -0.39 is 10.9 Å². The molecule has 0 atom stereocenters. The molecule has 2 aromatic rings. The third kappa shape index (κ3) is 2.97. The van der Waals surface area contributed by atoms with E-state index in [9.17, 15) is 14.9 Å². The summed E-state index contributed by atoms with van der Waals surface area (Å²) < 4.78 is 5.11. The van der Waals surface area contributed by atoms with E-state index in [1.54, 1.807) is 24.4 Å². The second-order valence-electron chi connectivity index (χ2n) is 4.10. The Bertz CT molecular complexity index is 641. The fourth-order valence-electron chi connectivity index (χ4n) is 1.74. The van der Waals surface area contributed by atoms with Crippen LogP contribution in [0.25, 0.3) is 0 Å². The summed E-state index contributed by atoms with van der Waals surface area (Å²) in [5.41, 5.74) is 1.000. The summed E-state index contributed by atoms with van der Waals surface area (Å²) >= 11 is 0. The van der Waals surface area contributed by atoms with Crippen molar-refractivity contribution in [1.29, 1.82) is 0 Å². The smallest absolute Gasteiger partial charge is 0.339 e. The van der Waals surface area contributed by atoms with E-state index in [0.29, 0.717) is 11.3 Å². The molecule has 0 saturated heterocycles. The Morgan fingerprint density at radius 2 is 2.10 bits per heavy atom. The molecule has 0 unspecified atom stereocenters. The minimum atomic E-state index is -0.600. The van der Waals surface area contributed by atoms with Crippen molar-refractivity contribution in [3.05, 3.63) is 69.5 Å². The molecule has 1 aromatic heterocycles. The maximum Gasteiger partial charge on any atom is 0.339 e. The Kier molecular flexibility index (Phi) is 4.05. The van der Waals surface area contributed by atoms with E-state index in [1.165, 1.54) is 25.1 Å². The van der Waals surface area contributed by atoms with Gasteiger partial charge in [0.25, 0.3) is 5.69 Å². The van der Waals surface area contributed by atoms with Crippen LogP contribution >= 0.6 is 0 Å². The molecule has 1 aromatic carbocycles. The van der Waals surface area contributed by atoms with Crippen LogP contribution in [0.2, 0.25) is 0 Å². The van der Waals surface area contributed by atoms with Crippen molar-refractivity contribution in [1.82, 2.24) is 4.98 Å². The largest absolute Gasteiger partial charge is 0.456 e. The zero-order valence-corrected chi connectivity index (χ0v) is 10.8. The van der Waals surface area contributed by atoms with Crippen molar-refractivity contribution >= 4 is 11.7 Å². The molecule has 0 aliphatic carbocycles. The summed E-state index contributed by atoms with van der Waals surface area (Å²) in [5, 5.41) is 10.8. The van der Waals surface area contributed by atoms with E-state index in [0.717, 1.165) is 0 Å². The first-order valence-corrected chi connectivity index (χ1v) is 5.90. The monoisotopic (exact) mass is 272 g/mol. The topological polar surface area (TPSA) is 82.3 Å². The Morgan fingerprint density at radius 3 is 2.75 bits per heavy atom. The average Bonchev–Trinajstić information content (AvgIpc) is 2.46. The lowest BCUT2D eigenvalue weighted by Crippen LogP contribution is -2.09. The van der Waals surface area contributed by atoms with Gasteiger partial charge in [-0.15, -0.1) is 0 Å². The molecule has 0 aliphatic rings. The van der Waals surface area contributed by atoms with E-state index in [-0.39, 0.29) is 17.9 Å². The minimum absolute atomic E-state index is 0.0296. The second-order valence-corrected chi connectivity index (χ2v) is 4.10. The third-order valence-corrected chi connectivity index (χ3v) is 2.80. The molecule has 0 aliphatic heterocycles. The van der Waals surface area contributed by atoms with Gasteiger partial charge in [-0.3, -0.25) is 15.1 Å². The Labute approximate surface area is 115 Å². The van der Waals surface area contributed by atoms with Crippen LogP contribution in [0.15, 0.2) is 42.6 Å². The molecule has 0 fully saturated rings. The highest BCUT2D eigenvalue weighted by atomic mass is 16.6. The number of pyridine rings is 1. The van der Waals surface area contributed by atoms with E-state index in [4.69, 9.17) is 4.74 Å². The normalized spacial score (nSPS) is 10.1. The van der Waals surface area contributed by atoms with Gasteiger partial charge in [0.1, 0.15) is 6.61 Å². The Morgan fingerprint density at radius 1 is 1.30 bits per heavy atom. The molecule has 1 heterocycles. The molecule has 0 amide bonds. The number of hydrogen-bond donors (Lipinski definition) is 0. The van der Waals surface area contributed by atoms with Gasteiger partial charge in [-0.05, 0) is 25.1 Å².